The van der Waals surface area contributed by atoms with E-state index < -0.39 is 0 Å². The predicted octanol–water partition coefficient (Wildman–Crippen LogP) is 4.07. The number of fused-ring (bicyclic) bond motifs is 1. The number of benzene rings is 1. The maximum Gasteiger partial charge on any atom is 0.229 e. The van der Waals surface area contributed by atoms with Crippen LogP contribution in [0.1, 0.15) is 35.2 Å². The van der Waals surface area contributed by atoms with E-state index >= 15 is 0 Å². The van der Waals surface area contributed by atoms with Crippen LogP contribution >= 0.6 is 11.3 Å². The minimum Gasteiger partial charge on any atom is -0.397 e. The maximum atomic E-state index is 13.0. The number of carbonyl (C=O) groups is 1. The molecule has 5 nitrogen and oxygen atoms in total. The lowest BCUT2D eigenvalue weighted by atomic mass is 10.1. The molecular formula is C24H26N4OS. The second-order valence-corrected chi connectivity index (χ2v) is 9.17. The lowest BCUT2D eigenvalue weighted by molar-refractivity contribution is -0.131. The number of nitrogen functional groups attached to an aromatic ring is 1. The SMILES string of the molecule is Nc1ccc(-c2cccs2)nc1CC(=O)N1Cc2ccc(CN3CCCC3)cc2C1. The van der Waals surface area contributed by atoms with E-state index in [0.29, 0.717) is 24.5 Å². The van der Waals surface area contributed by atoms with Crippen LogP contribution in [-0.4, -0.2) is 33.8 Å². The van der Waals surface area contributed by atoms with Gasteiger partial charge in [0.05, 0.1) is 28.4 Å². The molecule has 1 saturated heterocycles. The molecule has 2 aliphatic rings. The molecule has 6 heteroatoms. The zero-order valence-corrected chi connectivity index (χ0v) is 17.8. The van der Waals surface area contributed by atoms with Crippen molar-refractivity contribution in [3.8, 4) is 10.6 Å². The topological polar surface area (TPSA) is 62.5 Å². The lowest BCUT2D eigenvalue weighted by Crippen LogP contribution is -2.27. The monoisotopic (exact) mass is 418 g/mol. The second-order valence-electron chi connectivity index (χ2n) is 8.22. The van der Waals surface area contributed by atoms with Gasteiger partial charge in [0.15, 0.2) is 0 Å². The summed E-state index contributed by atoms with van der Waals surface area (Å²) in [5, 5.41) is 2.03. The fourth-order valence-corrected chi connectivity index (χ4v) is 5.09. The summed E-state index contributed by atoms with van der Waals surface area (Å²) < 4.78 is 0. The van der Waals surface area contributed by atoms with Crippen molar-refractivity contribution in [3.63, 3.8) is 0 Å². The average molecular weight is 419 g/mol. The van der Waals surface area contributed by atoms with Crippen molar-refractivity contribution in [2.45, 2.75) is 38.9 Å². The van der Waals surface area contributed by atoms with Gasteiger partial charge < -0.3 is 10.6 Å². The molecule has 1 amide bonds. The third-order valence-electron chi connectivity index (χ3n) is 6.05. The molecule has 0 unspecified atom stereocenters. The molecular weight excluding hydrogens is 392 g/mol. The van der Waals surface area contributed by atoms with Crippen LogP contribution in [0, 0.1) is 0 Å². The van der Waals surface area contributed by atoms with E-state index in [0.717, 1.165) is 17.1 Å². The van der Waals surface area contributed by atoms with E-state index in [1.165, 1.54) is 42.6 Å². The average Bonchev–Trinajstić information content (AvgIpc) is 3.51. The molecule has 2 N–H and O–H groups in total. The number of thiophene rings is 1. The molecule has 30 heavy (non-hydrogen) atoms. The van der Waals surface area contributed by atoms with Crippen molar-refractivity contribution < 1.29 is 4.79 Å². The van der Waals surface area contributed by atoms with Gasteiger partial charge in [-0.05, 0) is 66.2 Å². The van der Waals surface area contributed by atoms with Crippen molar-refractivity contribution >= 4 is 22.9 Å². The summed E-state index contributed by atoms with van der Waals surface area (Å²) in [5.74, 6) is 0.0785. The second kappa shape index (κ2) is 8.20. The molecule has 0 atom stereocenters. The number of nitrogens with two attached hydrogens (primary N) is 1. The molecule has 3 aromatic rings. The molecule has 4 heterocycles. The minimum atomic E-state index is 0.0785. The first-order chi connectivity index (χ1) is 14.7. The highest BCUT2D eigenvalue weighted by molar-refractivity contribution is 7.13. The van der Waals surface area contributed by atoms with Gasteiger partial charge in [0.2, 0.25) is 5.91 Å². The molecule has 0 aliphatic carbocycles. The summed E-state index contributed by atoms with van der Waals surface area (Å²) in [7, 11) is 0. The van der Waals surface area contributed by atoms with E-state index in [4.69, 9.17) is 5.73 Å². The number of nitrogens with zero attached hydrogens (tertiary/aromatic N) is 3. The number of carbonyl (C=O) groups excluding carboxylic acids is 1. The molecule has 0 saturated carbocycles. The van der Waals surface area contributed by atoms with Crippen LogP contribution in [0.3, 0.4) is 0 Å². The van der Waals surface area contributed by atoms with E-state index in [1.807, 2.05) is 34.5 Å². The van der Waals surface area contributed by atoms with Crippen LogP contribution < -0.4 is 5.73 Å². The first-order valence-electron chi connectivity index (χ1n) is 10.6. The molecule has 154 valence electrons. The van der Waals surface area contributed by atoms with E-state index in [1.54, 1.807) is 11.3 Å². The number of hydrogen-bond acceptors (Lipinski definition) is 5. The summed E-state index contributed by atoms with van der Waals surface area (Å²) in [4.78, 5) is 23.2. The normalized spacial score (nSPS) is 16.2. The zero-order valence-electron chi connectivity index (χ0n) is 17.0. The van der Waals surface area contributed by atoms with Gasteiger partial charge >= 0.3 is 0 Å². The van der Waals surface area contributed by atoms with Crippen molar-refractivity contribution in [1.82, 2.24) is 14.8 Å². The van der Waals surface area contributed by atoms with Crippen LogP contribution in [0.4, 0.5) is 5.69 Å². The zero-order chi connectivity index (χ0) is 20.5. The first-order valence-corrected chi connectivity index (χ1v) is 11.4. The van der Waals surface area contributed by atoms with E-state index in [9.17, 15) is 4.79 Å². The summed E-state index contributed by atoms with van der Waals surface area (Å²) >= 11 is 1.64. The number of aromatic nitrogens is 1. The summed E-state index contributed by atoms with van der Waals surface area (Å²) in [5.41, 5.74) is 12.1. The highest BCUT2D eigenvalue weighted by atomic mass is 32.1. The lowest BCUT2D eigenvalue weighted by Gasteiger charge is -2.16. The molecule has 0 bridgehead atoms. The molecule has 1 aromatic carbocycles. The van der Waals surface area contributed by atoms with Crippen molar-refractivity contribution in [2.75, 3.05) is 18.8 Å². The van der Waals surface area contributed by atoms with Crippen LogP contribution in [0.25, 0.3) is 10.6 Å². The van der Waals surface area contributed by atoms with Gasteiger partial charge in [0, 0.05) is 19.6 Å². The summed E-state index contributed by atoms with van der Waals surface area (Å²) in [6.07, 6.45) is 2.84. The van der Waals surface area contributed by atoms with Crippen LogP contribution in [-0.2, 0) is 30.8 Å². The number of pyridine rings is 1. The number of hydrogen-bond donors (Lipinski definition) is 1. The quantitative estimate of drug-likeness (QED) is 0.678. The summed E-state index contributed by atoms with van der Waals surface area (Å²) in [6.45, 7) is 4.74. The highest BCUT2D eigenvalue weighted by Crippen LogP contribution is 2.28. The Kier molecular flexibility index (Phi) is 5.27. The first kappa shape index (κ1) is 19.3. The van der Waals surface area contributed by atoms with E-state index in [2.05, 4.69) is 28.1 Å². The Labute approximate surface area is 181 Å². The molecule has 0 radical (unpaired) electrons. The Morgan fingerprint density at radius 2 is 1.90 bits per heavy atom. The number of anilines is 1. The van der Waals surface area contributed by atoms with Crippen molar-refractivity contribution in [3.05, 3.63) is 70.2 Å². The van der Waals surface area contributed by atoms with Gasteiger partial charge in [-0.3, -0.25) is 9.69 Å². The number of rotatable bonds is 5. The van der Waals surface area contributed by atoms with Crippen molar-refractivity contribution in [1.29, 1.82) is 0 Å². The molecule has 5 rings (SSSR count). The third-order valence-corrected chi connectivity index (χ3v) is 6.94. The van der Waals surface area contributed by atoms with Gasteiger partial charge in [-0.2, -0.15) is 0 Å². The van der Waals surface area contributed by atoms with Gasteiger partial charge in [0.25, 0.3) is 0 Å². The maximum absolute atomic E-state index is 13.0. The largest absolute Gasteiger partial charge is 0.397 e. The number of amides is 1. The third kappa shape index (κ3) is 3.98. The molecule has 1 fully saturated rings. The molecule has 2 aromatic heterocycles. The fraction of sp³-hybridized carbons (Fsp3) is 0.333. The van der Waals surface area contributed by atoms with Crippen LogP contribution in [0.2, 0.25) is 0 Å². The Morgan fingerprint density at radius 3 is 2.70 bits per heavy atom. The predicted molar refractivity (Wildman–Crippen MR) is 121 cm³/mol. The van der Waals surface area contributed by atoms with Gasteiger partial charge in [-0.25, -0.2) is 4.98 Å². The highest BCUT2D eigenvalue weighted by Gasteiger charge is 2.25. The molecule has 0 spiro atoms. The van der Waals surface area contributed by atoms with Gasteiger partial charge in [0.1, 0.15) is 0 Å². The Morgan fingerprint density at radius 1 is 1.07 bits per heavy atom. The van der Waals surface area contributed by atoms with Crippen LogP contribution in [0.5, 0.6) is 0 Å². The van der Waals surface area contributed by atoms with E-state index in [-0.39, 0.29) is 12.3 Å². The van der Waals surface area contributed by atoms with Gasteiger partial charge in [-0.1, -0.05) is 24.3 Å². The fourth-order valence-electron chi connectivity index (χ4n) is 4.39. The van der Waals surface area contributed by atoms with Gasteiger partial charge in [-0.15, -0.1) is 11.3 Å². The smallest absolute Gasteiger partial charge is 0.229 e. The standard InChI is InChI=1S/C24H26N4OS/c25-20-7-8-21(23-4-3-11-30-23)26-22(20)13-24(29)28-15-18-6-5-17(12-19(18)16-28)14-27-9-1-2-10-27/h3-8,11-12H,1-2,9-10,13-16,25H2. The van der Waals surface area contributed by atoms with Crippen molar-refractivity contribution in [2.24, 2.45) is 0 Å². The number of likely N-dealkylation sites (tertiary alicyclic amines) is 1. The Hall–Kier alpha value is -2.70. The summed E-state index contributed by atoms with van der Waals surface area (Å²) in [6, 6.07) is 14.5. The Bertz CT molecular complexity index is 1060. The molecule has 2 aliphatic heterocycles. The minimum absolute atomic E-state index is 0.0785. The van der Waals surface area contributed by atoms with Crippen LogP contribution in [0.15, 0.2) is 47.8 Å². The Balaban J connectivity index is 1.27.